The molecule has 68 valence electrons. The largest absolute Gasteiger partial charge is 0.428 e. The van der Waals surface area contributed by atoms with Crippen LogP contribution in [0.1, 0.15) is 5.56 Å². The first-order valence-corrected chi connectivity index (χ1v) is 4.13. The van der Waals surface area contributed by atoms with Crippen molar-refractivity contribution in [3.63, 3.8) is 0 Å². The maximum atomic E-state index is 12.8. The van der Waals surface area contributed by atoms with Gasteiger partial charge in [0.05, 0.1) is 0 Å². The summed E-state index contributed by atoms with van der Waals surface area (Å²) in [6.45, 7) is 0. The molecule has 3 nitrogen and oxygen atoms in total. The zero-order valence-corrected chi connectivity index (χ0v) is 8.06. The van der Waals surface area contributed by atoms with Gasteiger partial charge in [0.15, 0.2) is 6.40 Å². The van der Waals surface area contributed by atoms with E-state index in [0.29, 0.717) is 10.9 Å². The molecule has 0 spiro atoms. The van der Waals surface area contributed by atoms with Gasteiger partial charge in [-0.3, -0.25) is 10.8 Å². The zero-order valence-electron chi connectivity index (χ0n) is 6.47. The second kappa shape index (κ2) is 4.13. The van der Waals surface area contributed by atoms with Gasteiger partial charge in [-0.2, -0.15) is 0 Å². The third-order valence-corrected chi connectivity index (χ3v) is 1.76. The van der Waals surface area contributed by atoms with E-state index in [-0.39, 0.29) is 11.5 Å². The fourth-order valence-electron chi connectivity index (χ4n) is 0.812. The van der Waals surface area contributed by atoms with Gasteiger partial charge >= 0.3 is 0 Å². The number of halogens is 2. The lowest BCUT2D eigenvalue weighted by Crippen LogP contribution is -2.03. The van der Waals surface area contributed by atoms with Crippen molar-refractivity contribution in [2.45, 2.75) is 0 Å². The van der Waals surface area contributed by atoms with Crippen LogP contribution in [0.15, 0.2) is 22.7 Å². The zero-order chi connectivity index (χ0) is 9.84. The average Bonchev–Trinajstić information content (AvgIpc) is 2.03. The van der Waals surface area contributed by atoms with E-state index < -0.39 is 5.82 Å². The van der Waals surface area contributed by atoms with Gasteiger partial charge in [-0.1, -0.05) is 15.9 Å². The quantitative estimate of drug-likeness (QED) is 0.610. The third-order valence-electron chi connectivity index (χ3n) is 1.30. The van der Waals surface area contributed by atoms with Crippen LogP contribution in [-0.2, 0) is 4.74 Å². The van der Waals surface area contributed by atoms with E-state index in [0.717, 1.165) is 6.07 Å². The molecule has 1 rings (SSSR count). The van der Waals surface area contributed by atoms with Crippen LogP contribution in [-0.4, -0.2) is 12.3 Å². The van der Waals surface area contributed by atoms with Gasteiger partial charge in [0.1, 0.15) is 5.82 Å². The summed E-state index contributed by atoms with van der Waals surface area (Å²) >= 11 is 3.08. The molecule has 0 aliphatic carbocycles. The molecule has 5 heteroatoms. The van der Waals surface area contributed by atoms with E-state index in [2.05, 4.69) is 20.7 Å². The first-order valence-electron chi connectivity index (χ1n) is 3.34. The van der Waals surface area contributed by atoms with Gasteiger partial charge in [-0.25, -0.2) is 4.39 Å². The minimum absolute atomic E-state index is 0.254. The van der Waals surface area contributed by atoms with E-state index in [1.54, 1.807) is 0 Å². The number of benzene rings is 1. The maximum Gasteiger partial charge on any atom is 0.220 e. The first kappa shape index (κ1) is 9.85. The summed E-state index contributed by atoms with van der Waals surface area (Å²) in [4.78, 5) is 0. The smallest absolute Gasteiger partial charge is 0.220 e. The number of ether oxygens (including phenoxy) is 1. The summed E-state index contributed by atoms with van der Waals surface area (Å²) in [7, 11) is 0. The topological polar surface area (TPSA) is 56.9 Å². The summed E-state index contributed by atoms with van der Waals surface area (Å²) in [5.41, 5.74) is 0.287. The van der Waals surface area contributed by atoms with Gasteiger partial charge in [0.25, 0.3) is 0 Å². The lowest BCUT2D eigenvalue weighted by atomic mass is 10.2. The molecule has 0 radical (unpaired) electrons. The minimum Gasteiger partial charge on any atom is -0.428 e. The van der Waals surface area contributed by atoms with Crippen LogP contribution in [0.3, 0.4) is 0 Å². The van der Waals surface area contributed by atoms with Crippen LogP contribution in [0.5, 0.6) is 0 Å². The second-order valence-corrected chi connectivity index (χ2v) is 3.14. The molecule has 0 saturated carbocycles. The Morgan fingerprint density at radius 1 is 1.46 bits per heavy atom. The maximum absolute atomic E-state index is 12.8. The van der Waals surface area contributed by atoms with Crippen molar-refractivity contribution in [3.8, 4) is 0 Å². The molecule has 0 aliphatic rings. The highest BCUT2D eigenvalue weighted by molar-refractivity contribution is 9.10. The van der Waals surface area contributed by atoms with Crippen LogP contribution in [0.4, 0.5) is 4.39 Å². The Morgan fingerprint density at radius 2 is 2.15 bits per heavy atom. The Labute approximate surface area is 82.7 Å². The van der Waals surface area contributed by atoms with Gasteiger partial charge in [0, 0.05) is 10.0 Å². The summed E-state index contributed by atoms with van der Waals surface area (Å²) in [6, 6.07) is 3.98. The van der Waals surface area contributed by atoms with Crippen molar-refractivity contribution in [2.24, 2.45) is 0 Å². The second-order valence-electron chi connectivity index (χ2n) is 2.22. The lowest BCUT2D eigenvalue weighted by Gasteiger charge is -2.02. The normalized spacial score (nSPS) is 9.38. The molecule has 0 unspecified atom stereocenters. The highest BCUT2D eigenvalue weighted by atomic mass is 79.9. The average molecular weight is 245 g/mol. The van der Waals surface area contributed by atoms with E-state index in [1.165, 1.54) is 12.1 Å². The molecule has 0 aliphatic heterocycles. The predicted octanol–water partition coefficient (Wildman–Crippen LogP) is 2.54. The summed E-state index contributed by atoms with van der Waals surface area (Å²) < 4.78 is 17.8. The number of hydrogen-bond donors (Lipinski definition) is 2. The van der Waals surface area contributed by atoms with E-state index in [4.69, 9.17) is 10.8 Å². The Kier molecular flexibility index (Phi) is 3.13. The van der Waals surface area contributed by atoms with Crippen LogP contribution >= 0.6 is 15.9 Å². The highest BCUT2D eigenvalue weighted by Crippen LogP contribution is 2.15. The minimum atomic E-state index is -0.456. The Hall–Kier alpha value is -1.23. The summed E-state index contributed by atoms with van der Waals surface area (Å²) in [5, 5.41) is 13.9. The molecule has 0 fully saturated rings. The first-order chi connectivity index (χ1) is 6.13. The summed E-state index contributed by atoms with van der Waals surface area (Å²) in [5.74, 6) is -0.710. The predicted molar refractivity (Wildman–Crippen MR) is 50.8 cm³/mol. The molecule has 0 atom stereocenters. The molecule has 0 heterocycles. The molecular weight excluding hydrogens is 239 g/mol. The van der Waals surface area contributed by atoms with Gasteiger partial charge in [-0.05, 0) is 18.2 Å². The van der Waals surface area contributed by atoms with Crippen molar-refractivity contribution >= 4 is 28.2 Å². The highest BCUT2D eigenvalue weighted by Gasteiger charge is 2.04. The van der Waals surface area contributed by atoms with Crippen LogP contribution in [0.2, 0.25) is 0 Å². The third kappa shape index (κ3) is 2.62. The Morgan fingerprint density at radius 3 is 2.69 bits per heavy atom. The van der Waals surface area contributed by atoms with E-state index in [1.807, 2.05) is 0 Å². The molecule has 0 amide bonds. The van der Waals surface area contributed by atoms with E-state index >= 15 is 0 Å². The molecule has 0 aromatic heterocycles. The fourth-order valence-corrected chi connectivity index (χ4v) is 1.28. The van der Waals surface area contributed by atoms with Gasteiger partial charge in [0.2, 0.25) is 5.90 Å². The standard InChI is InChI=1S/C8H6BrFN2O/c9-6-1-5(2-7(10)3-6)8(12)13-4-11/h1-4,11-12H. The van der Waals surface area contributed by atoms with Crippen molar-refractivity contribution in [1.82, 2.24) is 0 Å². The molecule has 13 heavy (non-hydrogen) atoms. The monoisotopic (exact) mass is 244 g/mol. The molecule has 1 aromatic rings. The molecule has 0 bridgehead atoms. The summed E-state index contributed by atoms with van der Waals surface area (Å²) in [6.07, 6.45) is 0.626. The molecule has 0 saturated heterocycles. The van der Waals surface area contributed by atoms with Crippen molar-refractivity contribution in [2.75, 3.05) is 0 Å². The Bertz CT molecular complexity index is 334. The van der Waals surface area contributed by atoms with Crippen molar-refractivity contribution < 1.29 is 9.13 Å². The van der Waals surface area contributed by atoms with Crippen LogP contribution in [0, 0.1) is 16.6 Å². The lowest BCUT2D eigenvalue weighted by molar-refractivity contribution is 0.559. The van der Waals surface area contributed by atoms with Gasteiger partial charge in [-0.15, -0.1) is 0 Å². The van der Waals surface area contributed by atoms with Crippen LogP contribution in [0.25, 0.3) is 0 Å². The molecule has 2 N–H and O–H groups in total. The SMILES string of the molecule is N=COC(=N)c1cc(F)cc(Br)c1. The number of rotatable bonds is 2. The fraction of sp³-hybridized carbons (Fsp3) is 0. The van der Waals surface area contributed by atoms with Crippen LogP contribution < -0.4 is 0 Å². The Balaban J connectivity index is 3.00. The number of hydrogen-bond acceptors (Lipinski definition) is 3. The van der Waals surface area contributed by atoms with E-state index in [9.17, 15) is 4.39 Å². The van der Waals surface area contributed by atoms with Crippen molar-refractivity contribution in [3.05, 3.63) is 34.1 Å². The molecule has 1 aromatic carbocycles. The molecular formula is C8H6BrFN2O. The number of nitrogens with one attached hydrogen (secondary N) is 2. The van der Waals surface area contributed by atoms with Gasteiger partial charge < -0.3 is 4.74 Å². The van der Waals surface area contributed by atoms with Crippen molar-refractivity contribution in [1.29, 1.82) is 10.8 Å².